The molecular formula is C19H19BrN6O2S. The van der Waals surface area contributed by atoms with Gasteiger partial charge >= 0.3 is 0 Å². The highest BCUT2D eigenvalue weighted by molar-refractivity contribution is 9.10. The third kappa shape index (κ3) is 3.79. The van der Waals surface area contributed by atoms with E-state index in [1.54, 1.807) is 29.5 Å². The summed E-state index contributed by atoms with van der Waals surface area (Å²) in [6.45, 7) is 4.94. The van der Waals surface area contributed by atoms with Crippen LogP contribution in [0, 0.1) is 0 Å². The first-order chi connectivity index (χ1) is 14.2. The van der Waals surface area contributed by atoms with Crippen molar-refractivity contribution in [2.45, 2.75) is 6.42 Å². The average Bonchev–Trinajstić information content (AvgIpc) is 3.10. The third-order valence-corrected chi connectivity index (χ3v) is 6.48. The van der Waals surface area contributed by atoms with Gasteiger partial charge in [0, 0.05) is 26.2 Å². The number of thiazole rings is 1. The second kappa shape index (κ2) is 7.85. The van der Waals surface area contributed by atoms with Gasteiger partial charge in [0.05, 0.1) is 23.6 Å². The van der Waals surface area contributed by atoms with Crippen molar-refractivity contribution in [1.82, 2.24) is 15.0 Å². The molecule has 0 aliphatic carbocycles. The second-order valence-corrected chi connectivity index (χ2v) is 8.74. The number of aromatic nitrogens is 3. The van der Waals surface area contributed by atoms with Gasteiger partial charge in [0.25, 0.3) is 5.91 Å². The highest BCUT2D eigenvalue weighted by atomic mass is 79.9. The molecule has 2 fully saturated rings. The maximum absolute atomic E-state index is 12.8. The maximum atomic E-state index is 12.8. The van der Waals surface area contributed by atoms with E-state index in [4.69, 9.17) is 14.7 Å². The van der Waals surface area contributed by atoms with Crippen LogP contribution in [0.2, 0.25) is 0 Å². The van der Waals surface area contributed by atoms with Crippen LogP contribution < -0.4 is 15.1 Å². The van der Waals surface area contributed by atoms with Gasteiger partial charge in [-0.3, -0.25) is 4.79 Å². The number of hydrogen-bond donors (Lipinski definition) is 1. The average molecular weight is 475 g/mol. The number of ether oxygens (including phenoxy) is 1. The van der Waals surface area contributed by atoms with Crippen molar-refractivity contribution in [3.63, 3.8) is 0 Å². The molecule has 150 valence electrons. The number of hydrogen-bond acceptors (Lipinski definition) is 8. The fourth-order valence-electron chi connectivity index (χ4n) is 3.31. The van der Waals surface area contributed by atoms with Crippen LogP contribution in [0.1, 0.15) is 16.9 Å². The quantitative estimate of drug-likeness (QED) is 0.581. The zero-order valence-corrected chi connectivity index (χ0v) is 18.0. The van der Waals surface area contributed by atoms with Crippen molar-refractivity contribution in [2.24, 2.45) is 0 Å². The molecule has 29 heavy (non-hydrogen) atoms. The number of fused-ring (bicyclic) bond motifs is 1. The largest absolute Gasteiger partial charge is 0.378 e. The highest BCUT2D eigenvalue weighted by Crippen LogP contribution is 2.36. The van der Waals surface area contributed by atoms with Crippen molar-refractivity contribution in [3.05, 3.63) is 34.6 Å². The van der Waals surface area contributed by atoms with Gasteiger partial charge in [0.15, 0.2) is 16.6 Å². The summed E-state index contributed by atoms with van der Waals surface area (Å²) in [6, 6.07) is 7.26. The predicted octanol–water partition coefficient (Wildman–Crippen LogP) is 3.15. The van der Waals surface area contributed by atoms with Gasteiger partial charge < -0.3 is 19.9 Å². The molecule has 10 heteroatoms. The lowest BCUT2D eigenvalue weighted by molar-refractivity contribution is 0.102. The van der Waals surface area contributed by atoms with E-state index in [1.165, 1.54) is 0 Å². The smallest absolute Gasteiger partial charge is 0.274 e. The van der Waals surface area contributed by atoms with E-state index in [0.29, 0.717) is 29.2 Å². The van der Waals surface area contributed by atoms with Crippen molar-refractivity contribution in [3.8, 4) is 0 Å². The first-order valence-electron chi connectivity index (χ1n) is 9.50. The Morgan fingerprint density at radius 2 is 1.93 bits per heavy atom. The van der Waals surface area contributed by atoms with Crippen LogP contribution in [0.15, 0.2) is 28.9 Å². The number of carbonyl (C=O) groups is 1. The Hall–Kier alpha value is -2.30. The molecule has 0 bridgehead atoms. The van der Waals surface area contributed by atoms with E-state index in [1.807, 2.05) is 6.07 Å². The standard InChI is InChI=1S/C19H19BrN6O2S/c20-15-4-1-3-12(21-15)18(27)22-13-11-14-16(23-17(13)25-5-2-6-25)24-19(29-14)26-7-9-28-10-8-26/h1,3-4,11H,2,5-10H2,(H,22,27). The SMILES string of the molecule is O=C(Nc1cc2sc(N3CCOCC3)nc2nc1N1CCC1)c1cccc(Br)n1. The van der Waals surface area contributed by atoms with Crippen LogP contribution in [0.5, 0.6) is 0 Å². The van der Waals surface area contributed by atoms with Crippen molar-refractivity contribution >= 4 is 60.2 Å². The monoisotopic (exact) mass is 474 g/mol. The van der Waals surface area contributed by atoms with Gasteiger partial charge in [0.2, 0.25) is 0 Å². The summed E-state index contributed by atoms with van der Waals surface area (Å²) in [7, 11) is 0. The number of pyridine rings is 2. The molecule has 2 aliphatic rings. The van der Waals surface area contributed by atoms with Crippen LogP contribution in [0.25, 0.3) is 10.3 Å². The van der Waals surface area contributed by atoms with Crippen molar-refractivity contribution in [2.75, 3.05) is 54.5 Å². The zero-order valence-electron chi connectivity index (χ0n) is 15.6. The third-order valence-electron chi connectivity index (χ3n) is 4.98. The van der Waals surface area contributed by atoms with Crippen LogP contribution in [-0.4, -0.2) is 60.3 Å². The van der Waals surface area contributed by atoms with Gasteiger partial charge in [-0.1, -0.05) is 17.4 Å². The number of nitrogens with one attached hydrogen (secondary N) is 1. The molecular weight excluding hydrogens is 456 g/mol. The number of nitrogens with zero attached hydrogens (tertiary/aromatic N) is 5. The van der Waals surface area contributed by atoms with Crippen molar-refractivity contribution in [1.29, 1.82) is 0 Å². The molecule has 0 saturated carbocycles. The minimum Gasteiger partial charge on any atom is -0.378 e. The maximum Gasteiger partial charge on any atom is 0.274 e. The molecule has 8 nitrogen and oxygen atoms in total. The summed E-state index contributed by atoms with van der Waals surface area (Å²) < 4.78 is 7.01. The molecule has 2 saturated heterocycles. The Kier molecular flexibility index (Phi) is 5.06. The summed E-state index contributed by atoms with van der Waals surface area (Å²) in [5, 5.41) is 3.95. The molecule has 1 amide bonds. The first kappa shape index (κ1) is 18.7. The van der Waals surface area contributed by atoms with Gasteiger partial charge in [-0.2, -0.15) is 4.98 Å². The molecule has 3 aromatic heterocycles. The summed E-state index contributed by atoms with van der Waals surface area (Å²) in [4.78, 5) is 30.9. The van der Waals surface area contributed by atoms with Crippen molar-refractivity contribution < 1.29 is 9.53 Å². The Morgan fingerprint density at radius 3 is 2.66 bits per heavy atom. The molecule has 0 unspecified atom stereocenters. The lowest BCUT2D eigenvalue weighted by Crippen LogP contribution is -2.38. The van der Waals surface area contributed by atoms with Crippen LogP contribution in [0.3, 0.4) is 0 Å². The Bertz CT molecular complexity index is 1060. The Labute approximate surface area is 180 Å². The minimum absolute atomic E-state index is 0.257. The number of halogens is 1. The molecule has 3 aromatic rings. The topological polar surface area (TPSA) is 83.5 Å². The number of rotatable bonds is 4. The summed E-state index contributed by atoms with van der Waals surface area (Å²) in [6.07, 6.45) is 1.12. The number of carbonyl (C=O) groups excluding carboxylic acids is 1. The predicted molar refractivity (Wildman–Crippen MR) is 117 cm³/mol. The van der Waals surface area contributed by atoms with Gasteiger partial charge in [-0.15, -0.1) is 0 Å². The fraction of sp³-hybridized carbons (Fsp3) is 0.368. The van der Waals surface area contributed by atoms with Crippen LogP contribution in [0.4, 0.5) is 16.6 Å². The van der Waals surface area contributed by atoms with E-state index in [2.05, 4.69) is 36.0 Å². The molecule has 1 N–H and O–H groups in total. The number of amides is 1. The zero-order chi connectivity index (χ0) is 19.8. The second-order valence-electron chi connectivity index (χ2n) is 6.92. The minimum atomic E-state index is -0.257. The fourth-order valence-corrected chi connectivity index (χ4v) is 4.66. The van der Waals surface area contributed by atoms with E-state index in [9.17, 15) is 4.79 Å². The van der Waals surface area contributed by atoms with Gasteiger partial charge in [0.1, 0.15) is 10.3 Å². The Morgan fingerprint density at radius 1 is 1.10 bits per heavy atom. The lowest BCUT2D eigenvalue weighted by atomic mass is 10.2. The lowest BCUT2D eigenvalue weighted by Gasteiger charge is -2.33. The van der Waals surface area contributed by atoms with Crippen LogP contribution >= 0.6 is 27.3 Å². The molecule has 5 heterocycles. The van der Waals surface area contributed by atoms with Crippen LogP contribution in [-0.2, 0) is 4.74 Å². The normalized spacial score (nSPS) is 16.7. The first-order valence-corrected chi connectivity index (χ1v) is 11.1. The number of morpholine rings is 1. The number of anilines is 3. The molecule has 0 atom stereocenters. The van der Waals surface area contributed by atoms with E-state index in [0.717, 1.165) is 53.9 Å². The molecule has 2 aliphatic heterocycles. The van der Waals surface area contributed by atoms with Gasteiger partial charge in [-0.25, -0.2) is 9.97 Å². The molecule has 5 rings (SSSR count). The van der Waals surface area contributed by atoms with Gasteiger partial charge in [-0.05, 0) is 40.5 Å². The summed E-state index contributed by atoms with van der Waals surface area (Å²) >= 11 is 4.91. The highest BCUT2D eigenvalue weighted by Gasteiger charge is 2.24. The van der Waals surface area contributed by atoms with E-state index < -0.39 is 0 Å². The molecule has 0 radical (unpaired) electrons. The van der Waals surface area contributed by atoms with E-state index in [-0.39, 0.29) is 5.91 Å². The van der Waals surface area contributed by atoms with E-state index >= 15 is 0 Å². The Balaban J connectivity index is 1.49. The molecule has 0 aromatic carbocycles. The summed E-state index contributed by atoms with van der Waals surface area (Å²) in [5.41, 5.74) is 1.77. The molecule has 0 spiro atoms. The summed E-state index contributed by atoms with van der Waals surface area (Å²) in [5.74, 6) is 0.512.